The molecule has 0 rings (SSSR count). The van der Waals surface area contributed by atoms with E-state index in [0.717, 1.165) is 19.1 Å². The van der Waals surface area contributed by atoms with Crippen LogP contribution in [0.25, 0.3) is 0 Å². The molecule has 1 atom stereocenters. The summed E-state index contributed by atoms with van der Waals surface area (Å²) in [7, 11) is 7.31. The third kappa shape index (κ3) is 23.4. The number of amides is 1. The SMILES string of the molecule is COC(=O)OC.COC(C)=O.COOS(=O)OC(=O)N(C)COC(=O)OC. The van der Waals surface area contributed by atoms with Crippen molar-refractivity contribution in [3.63, 3.8) is 0 Å². The third-order valence-electron chi connectivity index (χ3n) is 1.74. The van der Waals surface area contributed by atoms with Crippen molar-refractivity contribution in [1.29, 1.82) is 0 Å². The van der Waals surface area contributed by atoms with E-state index in [4.69, 9.17) is 0 Å². The zero-order valence-electron chi connectivity index (χ0n) is 15.9. The van der Waals surface area contributed by atoms with Gasteiger partial charge in [-0.15, -0.1) is 0 Å². The lowest BCUT2D eigenvalue weighted by Gasteiger charge is -2.14. The van der Waals surface area contributed by atoms with Crippen molar-refractivity contribution < 1.29 is 60.5 Å². The highest BCUT2D eigenvalue weighted by Crippen LogP contribution is 1.97. The highest BCUT2D eigenvalue weighted by atomic mass is 32.2. The van der Waals surface area contributed by atoms with Crippen LogP contribution < -0.4 is 0 Å². The van der Waals surface area contributed by atoms with Crippen LogP contribution in [-0.2, 0) is 53.2 Å². The van der Waals surface area contributed by atoms with E-state index in [-0.39, 0.29) is 5.97 Å². The van der Waals surface area contributed by atoms with Crippen molar-refractivity contribution in [2.45, 2.75) is 6.92 Å². The predicted octanol–water partition coefficient (Wildman–Crippen LogP) is 0.530. The Kier molecular flexibility index (Phi) is 21.2. The number of ether oxygens (including phenoxy) is 5. The molecular weight excluding hydrogens is 398 g/mol. The number of nitrogens with zero attached hydrogens (tertiary/aromatic N) is 1. The number of hydrogen-bond acceptors (Lipinski definition) is 13. The number of methoxy groups -OCH3 is 4. The Bertz CT molecular complexity index is 464. The van der Waals surface area contributed by atoms with E-state index < -0.39 is 36.5 Å². The van der Waals surface area contributed by atoms with Crippen molar-refractivity contribution in [3.8, 4) is 0 Å². The van der Waals surface area contributed by atoms with Crippen molar-refractivity contribution in [2.24, 2.45) is 0 Å². The molecule has 0 radical (unpaired) electrons. The van der Waals surface area contributed by atoms with E-state index in [2.05, 4.69) is 37.1 Å². The van der Waals surface area contributed by atoms with Gasteiger partial charge in [0.2, 0.25) is 0 Å². The van der Waals surface area contributed by atoms with Gasteiger partial charge in [-0.3, -0.25) is 9.69 Å². The summed E-state index contributed by atoms with van der Waals surface area (Å²) in [5, 5.41) is 0. The first-order valence-electron chi connectivity index (χ1n) is 6.52. The fourth-order valence-electron chi connectivity index (χ4n) is 0.536. The van der Waals surface area contributed by atoms with Gasteiger partial charge in [0.1, 0.15) is 0 Å². The van der Waals surface area contributed by atoms with Gasteiger partial charge in [0.05, 0.1) is 35.5 Å². The maximum absolute atomic E-state index is 11.1. The maximum Gasteiger partial charge on any atom is 0.509 e. The molecular formula is C12H23NO13S. The molecule has 0 aliphatic heterocycles. The smallest absolute Gasteiger partial charge is 0.469 e. The van der Waals surface area contributed by atoms with E-state index in [1.807, 2.05) is 0 Å². The molecule has 160 valence electrons. The molecule has 27 heavy (non-hydrogen) atoms. The summed E-state index contributed by atoms with van der Waals surface area (Å²) in [4.78, 5) is 45.8. The van der Waals surface area contributed by atoms with Gasteiger partial charge in [0.25, 0.3) is 0 Å². The first-order valence-corrected chi connectivity index (χ1v) is 7.52. The summed E-state index contributed by atoms with van der Waals surface area (Å²) in [5.41, 5.74) is 0. The van der Waals surface area contributed by atoms with Gasteiger partial charge in [-0.2, -0.15) is 4.21 Å². The number of esters is 1. The Morgan fingerprint density at radius 2 is 1.30 bits per heavy atom. The van der Waals surface area contributed by atoms with Crippen LogP contribution >= 0.6 is 0 Å². The Balaban J connectivity index is -0.000000428. The molecule has 0 aromatic heterocycles. The minimum atomic E-state index is -2.37. The van der Waals surface area contributed by atoms with Crippen LogP contribution in [0.5, 0.6) is 0 Å². The first kappa shape index (κ1) is 29.1. The number of hydrogen-bond donors (Lipinski definition) is 0. The molecule has 0 heterocycles. The summed E-state index contributed by atoms with van der Waals surface area (Å²) in [6, 6.07) is 0. The molecule has 15 heteroatoms. The molecule has 0 fully saturated rings. The number of carbonyl (C=O) groups is 4. The maximum atomic E-state index is 11.1. The van der Waals surface area contributed by atoms with Gasteiger partial charge in [0, 0.05) is 14.0 Å². The zero-order chi connectivity index (χ0) is 21.8. The Morgan fingerprint density at radius 1 is 0.852 bits per heavy atom. The van der Waals surface area contributed by atoms with Gasteiger partial charge in [-0.25, -0.2) is 19.3 Å². The van der Waals surface area contributed by atoms with Crippen molar-refractivity contribution >= 4 is 35.7 Å². The van der Waals surface area contributed by atoms with E-state index >= 15 is 0 Å². The van der Waals surface area contributed by atoms with Crippen LogP contribution in [0.2, 0.25) is 0 Å². The zero-order valence-corrected chi connectivity index (χ0v) is 16.7. The summed E-state index contributed by atoms with van der Waals surface area (Å²) in [6.45, 7) is 0.940. The second-order valence-electron chi connectivity index (χ2n) is 3.57. The van der Waals surface area contributed by atoms with Crippen LogP contribution in [-0.4, -0.2) is 82.8 Å². The lowest BCUT2D eigenvalue weighted by Crippen LogP contribution is -2.31. The predicted molar refractivity (Wildman–Crippen MR) is 85.9 cm³/mol. The van der Waals surface area contributed by atoms with Crippen LogP contribution in [0.4, 0.5) is 14.4 Å². The Labute approximate surface area is 158 Å². The second-order valence-corrected chi connectivity index (χ2v) is 4.28. The molecule has 0 saturated carbocycles. The molecule has 0 aliphatic carbocycles. The molecule has 0 bridgehead atoms. The molecule has 0 aliphatic rings. The van der Waals surface area contributed by atoms with Crippen molar-refractivity contribution in [2.75, 3.05) is 49.3 Å². The summed E-state index contributed by atoms with van der Waals surface area (Å²) < 4.78 is 39.6. The monoisotopic (exact) mass is 421 g/mol. The lowest BCUT2D eigenvalue weighted by molar-refractivity contribution is -0.173. The van der Waals surface area contributed by atoms with E-state index in [1.165, 1.54) is 35.3 Å². The van der Waals surface area contributed by atoms with Crippen LogP contribution in [0, 0.1) is 0 Å². The topological polar surface area (TPSA) is 162 Å². The van der Waals surface area contributed by atoms with Gasteiger partial charge >= 0.3 is 35.7 Å². The van der Waals surface area contributed by atoms with Gasteiger partial charge < -0.3 is 27.9 Å². The lowest BCUT2D eigenvalue weighted by atomic mass is 10.8. The van der Waals surface area contributed by atoms with Crippen LogP contribution in [0.3, 0.4) is 0 Å². The minimum Gasteiger partial charge on any atom is -0.469 e. The fraction of sp³-hybridized carbons (Fsp3) is 0.667. The van der Waals surface area contributed by atoms with Gasteiger partial charge in [-0.1, -0.05) is 4.33 Å². The fourth-order valence-corrected chi connectivity index (χ4v) is 0.918. The molecule has 0 spiro atoms. The van der Waals surface area contributed by atoms with Crippen LogP contribution in [0.15, 0.2) is 0 Å². The standard InChI is InChI=1S/C6H11NO8S.C3H6O3.C3H6O2/c1-7(4-13-6(9)11-2)5(8)14-16(10)15-12-3;1-5-3(4)6-2;1-3(4)5-2/h4H2,1-3H3;1-2H3;1-2H3. The Hall–Kier alpha value is -2.65. The number of carbonyl (C=O) groups excluding carboxylic acids is 4. The molecule has 1 amide bonds. The molecule has 1 unspecified atom stereocenters. The number of rotatable bonds is 5. The van der Waals surface area contributed by atoms with Crippen molar-refractivity contribution in [3.05, 3.63) is 0 Å². The second kappa shape index (κ2) is 19.7. The Morgan fingerprint density at radius 3 is 1.59 bits per heavy atom. The molecule has 0 N–H and O–H groups in total. The highest BCUT2D eigenvalue weighted by Gasteiger charge is 2.16. The molecule has 0 aromatic carbocycles. The van der Waals surface area contributed by atoms with Crippen molar-refractivity contribution in [1.82, 2.24) is 4.90 Å². The average molecular weight is 421 g/mol. The normalized spacial score (nSPS) is 9.59. The molecule has 0 saturated heterocycles. The highest BCUT2D eigenvalue weighted by molar-refractivity contribution is 7.75. The largest absolute Gasteiger partial charge is 0.509 e. The van der Waals surface area contributed by atoms with E-state index in [0.29, 0.717) is 0 Å². The first-order chi connectivity index (χ1) is 12.6. The quantitative estimate of drug-likeness (QED) is 0.199. The van der Waals surface area contributed by atoms with Crippen LogP contribution in [0.1, 0.15) is 6.92 Å². The van der Waals surface area contributed by atoms with Gasteiger partial charge in [-0.05, 0) is 0 Å². The molecule has 0 aromatic rings. The summed E-state index contributed by atoms with van der Waals surface area (Å²) in [5.74, 6) is -0.245. The van der Waals surface area contributed by atoms with E-state index in [9.17, 15) is 23.4 Å². The minimum absolute atomic E-state index is 0.245. The summed E-state index contributed by atoms with van der Waals surface area (Å²) >= 11 is -2.37. The molecule has 14 nitrogen and oxygen atoms in total. The third-order valence-corrected chi connectivity index (χ3v) is 2.26. The average Bonchev–Trinajstić information content (AvgIpc) is 2.65. The van der Waals surface area contributed by atoms with E-state index in [1.54, 1.807) is 0 Å². The summed E-state index contributed by atoms with van der Waals surface area (Å²) in [6.07, 6.45) is -2.65. The van der Waals surface area contributed by atoms with Gasteiger partial charge in [0.15, 0.2) is 6.73 Å².